The summed E-state index contributed by atoms with van der Waals surface area (Å²) >= 11 is 0. The molecule has 0 aliphatic carbocycles. The molecule has 1 rings (SSSR count). The van der Waals surface area contributed by atoms with E-state index in [2.05, 4.69) is 86.8 Å². The van der Waals surface area contributed by atoms with Gasteiger partial charge < -0.3 is 45.1 Å². The molecule has 8 atom stereocenters. The summed E-state index contributed by atoms with van der Waals surface area (Å²) in [4.78, 5) is 26.7. The van der Waals surface area contributed by atoms with Crippen molar-refractivity contribution in [3.63, 3.8) is 0 Å². The van der Waals surface area contributed by atoms with Gasteiger partial charge in [-0.15, -0.1) is 0 Å². The zero-order chi connectivity index (χ0) is 65.3. The van der Waals surface area contributed by atoms with E-state index in [1.54, 1.807) is 6.08 Å². The van der Waals surface area contributed by atoms with Crippen LogP contribution in [0.3, 0.4) is 0 Å². The van der Waals surface area contributed by atoms with Crippen LogP contribution in [0.25, 0.3) is 0 Å². The molecular formula is C79H143NO10. The third-order valence-electron chi connectivity index (χ3n) is 17.9. The minimum absolute atomic E-state index is 0.109. The van der Waals surface area contributed by atoms with Gasteiger partial charge in [-0.05, 0) is 70.6 Å². The molecule has 0 spiro atoms. The monoisotopic (exact) mass is 1270 g/mol. The second kappa shape index (κ2) is 66.1. The Morgan fingerprint density at radius 1 is 0.444 bits per heavy atom. The molecule has 1 amide bonds. The minimum Gasteiger partial charge on any atom is -0.454 e. The second-order valence-electron chi connectivity index (χ2n) is 26.4. The molecule has 6 N–H and O–H groups in total. The molecule has 1 heterocycles. The quantitative estimate of drug-likeness (QED) is 0.0195. The molecule has 1 saturated heterocycles. The SMILES string of the molecule is CC/C=C\C/C=C\C/C=C\C/C=C\C/C=C\CCCCCCCCCC(=O)OC1C(OCC(NC(=O)C(O)CCCCCCCCCCCCCCCCCCCCCCCCCCCC)C(O)/C=C/CCCCCCCCCCCC)OC(CO)C(O)C1O. The fourth-order valence-electron chi connectivity index (χ4n) is 11.9. The third kappa shape index (κ3) is 52.5. The van der Waals surface area contributed by atoms with Gasteiger partial charge in [0.05, 0.1) is 25.4 Å². The first-order valence-electron chi connectivity index (χ1n) is 38.2. The van der Waals surface area contributed by atoms with E-state index in [-0.39, 0.29) is 13.0 Å². The van der Waals surface area contributed by atoms with Crippen molar-refractivity contribution in [2.45, 2.75) is 404 Å². The van der Waals surface area contributed by atoms with Gasteiger partial charge in [0.25, 0.3) is 0 Å². The number of aliphatic hydroxyl groups excluding tert-OH is 5. The molecule has 11 heteroatoms. The van der Waals surface area contributed by atoms with Crippen LogP contribution in [-0.2, 0) is 23.8 Å². The van der Waals surface area contributed by atoms with E-state index in [0.717, 1.165) is 116 Å². The fraction of sp³-hybridized carbons (Fsp3) is 0.823. The highest BCUT2D eigenvalue weighted by molar-refractivity contribution is 5.80. The number of rotatable bonds is 66. The smallest absolute Gasteiger partial charge is 0.306 e. The largest absolute Gasteiger partial charge is 0.454 e. The minimum atomic E-state index is -1.62. The number of hydrogen-bond donors (Lipinski definition) is 6. The van der Waals surface area contributed by atoms with Gasteiger partial charge in [-0.25, -0.2) is 0 Å². The van der Waals surface area contributed by atoms with Crippen LogP contribution in [0.4, 0.5) is 0 Å². The summed E-state index contributed by atoms with van der Waals surface area (Å²) in [5.41, 5.74) is 0. The highest BCUT2D eigenvalue weighted by Gasteiger charge is 2.47. The Morgan fingerprint density at radius 2 is 0.800 bits per heavy atom. The van der Waals surface area contributed by atoms with Crippen molar-refractivity contribution in [1.29, 1.82) is 0 Å². The predicted molar refractivity (Wildman–Crippen MR) is 379 cm³/mol. The normalized spacial score (nSPS) is 18.4. The van der Waals surface area contributed by atoms with Crippen LogP contribution < -0.4 is 5.32 Å². The first-order chi connectivity index (χ1) is 44.2. The lowest BCUT2D eigenvalue weighted by molar-refractivity contribution is -0.305. The molecule has 0 aromatic carbocycles. The Morgan fingerprint density at radius 3 is 1.20 bits per heavy atom. The van der Waals surface area contributed by atoms with Crippen LogP contribution in [0.1, 0.15) is 355 Å². The molecule has 0 aromatic rings. The maximum Gasteiger partial charge on any atom is 0.306 e. The molecule has 90 heavy (non-hydrogen) atoms. The lowest BCUT2D eigenvalue weighted by Crippen LogP contribution is -2.61. The maximum absolute atomic E-state index is 13.5. The van der Waals surface area contributed by atoms with E-state index in [9.17, 15) is 35.1 Å². The van der Waals surface area contributed by atoms with Crippen molar-refractivity contribution in [3.05, 3.63) is 72.9 Å². The highest BCUT2D eigenvalue weighted by atomic mass is 16.7. The fourth-order valence-corrected chi connectivity index (χ4v) is 11.9. The molecule has 0 radical (unpaired) electrons. The van der Waals surface area contributed by atoms with E-state index in [1.807, 2.05) is 6.08 Å². The standard InChI is InChI=1S/C79H143NO10/c1-4-7-10-13-16-19-22-25-27-29-31-33-35-36-37-39-40-42-44-46-48-51-54-57-60-63-66-72(83)78(87)80-70(71(82)65-62-59-56-53-50-24-21-18-15-12-9-6-3)69-88-79-77(76(86)75(85)73(68-81)89-79)90-74(84)67-64-61-58-55-52-49-47-45-43-41-38-34-32-30-28-26-23-20-17-14-11-8-5-2/h8,11,17,20,26,28,32,34,41,43,62,65,70-73,75-77,79,81-83,85-86H,4-7,9-10,12-16,18-19,21-25,27,29-31,33,35-40,42,44-61,63-64,66-69H2,1-3H3,(H,80,87)/b11-8-,20-17-,28-26-,34-32-,43-41-,65-62+. The molecule has 0 saturated carbocycles. The Balaban J connectivity index is 2.52. The number of carbonyl (C=O) groups excluding carboxylic acids is 2. The maximum atomic E-state index is 13.5. The molecule has 1 fully saturated rings. The number of hydrogen-bond acceptors (Lipinski definition) is 10. The summed E-state index contributed by atoms with van der Waals surface area (Å²) < 4.78 is 17.7. The third-order valence-corrected chi connectivity index (χ3v) is 17.9. The van der Waals surface area contributed by atoms with Crippen LogP contribution in [-0.4, -0.2) is 99.6 Å². The molecule has 524 valence electrons. The van der Waals surface area contributed by atoms with Crippen molar-refractivity contribution < 1.29 is 49.3 Å². The van der Waals surface area contributed by atoms with Crippen molar-refractivity contribution in [2.24, 2.45) is 0 Å². The Hall–Kier alpha value is -2.90. The van der Waals surface area contributed by atoms with E-state index >= 15 is 0 Å². The molecule has 0 aromatic heterocycles. The zero-order valence-electron chi connectivity index (χ0n) is 58.5. The predicted octanol–water partition coefficient (Wildman–Crippen LogP) is 20.2. The van der Waals surface area contributed by atoms with Gasteiger partial charge in [0.15, 0.2) is 12.4 Å². The van der Waals surface area contributed by atoms with E-state index in [4.69, 9.17) is 14.2 Å². The Kier molecular flexibility index (Phi) is 62.5. The van der Waals surface area contributed by atoms with Crippen LogP contribution in [0, 0.1) is 0 Å². The molecule has 11 nitrogen and oxygen atoms in total. The number of allylic oxidation sites excluding steroid dienone is 11. The number of carbonyl (C=O) groups is 2. The van der Waals surface area contributed by atoms with Gasteiger partial charge in [-0.3, -0.25) is 9.59 Å². The Labute approximate surface area is 553 Å². The molecule has 8 unspecified atom stereocenters. The highest BCUT2D eigenvalue weighted by Crippen LogP contribution is 2.27. The first-order valence-corrected chi connectivity index (χ1v) is 38.2. The number of unbranched alkanes of at least 4 members (excludes halogenated alkanes) is 42. The van der Waals surface area contributed by atoms with Gasteiger partial charge in [-0.1, -0.05) is 351 Å². The van der Waals surface area contributed by atoms with Gasteiger partial charge in [0, 0.05) is 6.42 Å². The lowest BCUT2D eigenvalue weighted by Gasteiger charge is -2.41. The summed E-state index contributed by atoms with van der Waals surface area (Å²) in [5.74, 6) is -1.19. The molecule has 1 aliphatic heterocycles. The number of esters is 1. The van der Waals surface area contributed by atoms with Gasteiger partial charge in [-0.2, -0.15) is 0 Å². The van der Waals surface area contributed by atoms with Crippen molar-refractivity contribution in [3.8, 4) is 0 Å². The Bertz CT molecular complexity index is 1750. The van der Waals surface area contributed by atoms with Gasteiger partial charge in [0.1, 0.15) is 24.4 Å². The number of ether oxygens (including phenoxy) is 3. The van der Waals surface area contributed by atoms with E-state index in [0.29, 0.717) is 19.3 Å². The van der Waals surface area contributed by atoms with Crippen molar-refractivity contribution >= 4 is 11.9 Å². The van der Waals surface area contributed by atoms with Crippen LogP contribution in [0.5, 0.6) is 0 Å². The van der Waals surface area contributed by atoms with E-state index in [1.165, 1.54) is 193 Å². The number of amides is 1. The average molecular weight is 1270 g/mol. The second-order valence-corrected chi connectivity index (χ2v) is 26.4. The zero-order valence-corrected chi connectivity index (χ0v) is 58.5. The van der Waals surface area contributed by atoms with E-state index < -0.39 is 67.4 Å². The average Bonchev–Trinajstić information content (AvgIpc) is 3.11. The molecule has 0 bridgehead atoms. The summed E-state index contributed by atoms with van der Waals surface area (Å²) in [6, 6.07) is -1.03. The molecule has 1 aliphatic rings. The van der Waals surface area contributed by atoms with Crippen molar-refractivity contribution in [2.75, 3.05) is 13.2 Å². The van der Waals surface area contributed by atoms with Gasteiger partial charge >= 0.3 is 5.97 Å². The van der Waals surface area contributed by atoms with Crippen LogP contribution in [0.15, 0.2) is 72.9 Å². The summed E-state index contributed by atoms with van der Waals surface area (Å²) in [5, 5.41) is 57.4. The molecular weight excluding hydrogens is 1120 g/mol. The van der Waals surface area contributed by atoms with Crippen LogP contribution >= 0.6 is 0 Å². The summed E-state index contributed by atoms with van der Waals surface area (Å²) in [6.45, 7) is 5.72. The van der Waals surface area contributed by atoms with Crippen molar-refractivity contribution in [1.82, 2.24) is 5.32 Å². The van der Waals surface area contributed by atoms with Crippen LogP contribution in [0.2, 0.25) is 0 Å². The summed E-state index contributed by atoms with van der Waals surface area (Å²) in [6.07, 6.45) is 76.7. The number of aliphatic hydroxyl groups is 5. The van der Waals surface area contributed by atoms with Gasteiger partial charge in [0.2, 0.25) is 5.91 Å². The lowest BCUT2D eigenvalue weighted by atomic mass is 9.99. The number of nitrogens with one attached hydrogen (secondary N) is 1. The first kappa shape index (κ1) is 85.1. The topological polar surface area (TPSA) is 175 Å². The summed E-state index contributed by atoms with van der Waals surface area (Å²) in [7, 11) is 0.